The minimum Gasteiger partial charge on any atom is -0.399 e. The van der Waals surface area contributed by atoms with E-state index in [0.29, 0.717) is 23.8 Å². The van der Waals surface area contributed by atoms with Gasteiger partial charge in [0, 0.05) is 29.2 Å². The number of anilines is 2. The van der Waals surface area contributed by atoms with Gasteiger partial charge in [-0.3, -0.25) is 4.79 Å². The molecule has 1 amide bonds. The molecule has 2 unspecified atom stereocenters. The van der Waals surface area contributed by atoms with Crippen molar-refractivity contribution in [3.8, 4) is 0 Å². The summed E-state index contributed by atoms with van der Waals surface area (Å²) in [4.78, 5) is 12.1. The Morgan fingerprint density at radius 3 is 2.90 bits per heavy atom. The third-order valence-corrected chi connectivity index (χ3v) is 5.00. The number of thioether (sulfide) groups is 1. The Morgan fingerprint density at radius 1 is 1.38 bits per heavy atom. The minimum atomic E-state index is -0.0440. The highest BCUT2D eigenvalue weighted by atomic mass is 32.2. The first kappa shape index (κ1) is 16.0. The van der Waals surface area contributed by atoms with Crippen LogP contribution in [-0.2, 0) is 0 Å². The number of benzene rings is 1. The van der Waals surface area contributed by atoms with Crippen molar-refractivity contribution in [2.45, 2.75) is 44.4 Å². The van der Waals surface area contributed by atoms with Gasteiger partial charge in [0.2, 0.25) is 0 Å². The van der Waals surface area contributed by atoms with Crippen LogP contribution in [0.2, 0.25) is 0 Å². The molecule has 1 aliphatic carbocycles. The molecule has 4 nitrogen and oxygen atoms in total. The molecular weight excluding hydrogens is 282 g/mol. The van der Waals surface area contributed by atoms with E-state index >= 15 is 0 Å². The zero-order chi connectivity index (χ0) is 15.2. The number of amides is 1. The summed E-state index contributed by atoms with van der Waals surface area (Å²) >= 11 is 2.03. The average Bonchev–Trinajstić information content (AvgIpc) is 2.87. The summed E-state index contributed by atoms with van der Waals surface area (Å²) in [6.45, 7) is 4.75. The van der Waals surface area contributed by atoms with Gasteiger partial charge in [-0.2, -0.15) is 11.8 Å². The van der Waals surface area contributed by atoms with Crippen molar-refractivity contribution in [2.75, 3.05) is 23.3 Å². The van der Waals surface area contributed by atoms with Gasteiger partial charge < -0.3 is 16.4 Å². The summed E-state index contributed by atoms with van der Waals surface area (Å²) in [5, 5.41) is 7.11. The van der Waals surface area contributed by atoms with E-state index in [4.69, 9.17) is 5.73 Å². The van der Waals surface area contributed by atoms with E-state index in [1.165, 1.54) is 12.2 Å². The molecule has 0 saturated heterocycles. The van der Waals surface area contributed by atoms with Crippen molar-refractivity contribution in [1.82, 2.24) is 5.32 Å². The molecule has 0 aliphatic heterocycles. The highest BCUT2D eigenvalue weighted by Gasteiger charge is 2.25. The second kappa shape index (κ2) is 7.59. The van der Waals surface area contributed by atoms with Gasteiger partial charge in [0.1, 0.15) is 0 Å². The topological polar surface area (TPSA) is 67.2 Å². The fraction of sp³-hybridized carbons (Fsp3) is 0.562. The van der Waals surface area contributed by atoms with Crippen molar-refractivity contribution in [3.05, 3.63) is 23.8 Å². The zero-order valence-corrected chi connectivity index (χ0v) is 13.6. The van der Waals surface area contributed by atoms with Gasteiger partial charge in [-0.05, 0) is 50.1 Å². The van der Waals surface area contributed by atoms with Gasteiger partial charge in [0.05, 0.1) is 5.56 Å². The Bertz CT molecular complexity index is 492. The number of hydrogen-bond acceptors (Lipinski definition) is 4. The molecule has 2 rings (SSSR count). The maximum Gasteiger partial charge on any atom is 0.253 e. The molecule has 4 N–H and O–H groups in total. The van der Waals surface area contributed by atoms with Crippen LogP contribution in [0.15, 0.2) is 18.2 Å². The Morgan fingerprint density at radius 2 is 2.19 bits per heavy atom. The maximum atomic E-state index is 12.1. The van der Waals surface area contributed by atoms with Crippen LogP contribution in [0.1, 0.15) is 43.5 Å². The number of rotatable bonds is 6. The summed E-state index contributed by atoms with van der Waals surface area (Å²) in [5.74, 6) is 1.12. The van der Waals surface area contributed by atoms with E-state index in [1.807, 2.05) is 24.8 Å². The molecule has 1 saturated carbocycles. The van der Waals surface area contributed by atoms with E-state index in [2.05, 4.69) is 17.6 Å². The van der Waals surface area contributed by atoms with E-state index in [9.17, 15) is 4.79 Å². The number of nitrogens with one attached hydrogen (secondary N) is 2. The first-order chi connectivity index (χ1) is 10.1. The molecule has 0 radical (unpaired) electrons. The largest absolute Gasteiger partial charge is 0.399 e. The molecule has 116 valence electrons. The molecule has 2 atom stereocenters. The third-order valence-electron chi connectivity index (χ3n) is 3.77. The number of nitrogen functional groups attached to an aromatic ring is 1. The summed E-state index contributed by atoms with van der Waals surface area (Å²) in [6.07, 6.45) is 3.55. The molecule has 1 aliphatic rings. The number of carbonyl (C=O) groups excluding carboxylic acids is 1. The van der Waals surface area contributed by atoms with Crippen molar-refractivity contribution in [3.63, 3.8) is 0 Å². The summed E-state index contributed by atoms with van der Waals surface area (Å²) in [5.41, 5.74) is 8.09. The van der Waals surface area contributed by atoms with E-state index in [-0.39, 0.29) is 5.91 Å². The molecule has 0 spiro atoms. The Hall–Kier alpha value is -1.36. The Labute approximate surface area is 131 Å². The van der Waals surface area contributed by atoms with Crippen LogP contribution in [0.25, 0.3) is 0 Å². The lowest BCUT2D eigenvalue weighted by Gasteiger charge is -2.18. The number of hydrogen-bond donors (Lipinski definition) is 3. The number of carbonyl (C=O) groups is 1. The van der Waals surface area contributed by atoms with E-state index in [1.54, 1.807) is 12.1 Å². The maximum absolute atomic E-state index is 12.1. The van der Waals surface area contributed by atoms with E-state index in [0.717, 1.165) is 23.8 Å². The number of nitrogens with two attached hydrogens (primary N) is 1. The monoisotopic (exact) mass is 307 g/mol. The highest BCUT2D eigenvalue weighted by Crippen LogP contribution is 2.32. The molecule has 5 heteroatoms. The van der Waals surface area contributed by atoms with Crippen molar-refractivity contribution < 1.29 is 4.79 Å². The van der Waals surface area contributed by atoms with Crippen LogP contribution >= 0.6 is 11.8 Å². The normalized spacial score (nSPS) is 21.2. The van der Waals surface area contributed by atoms with Gasteiger partial charge in [-0.1, -0.05) is 6.92 Å². The predicted octanol–water partition coefficient (Wildman–Crippen LogP) is 3.10. The smallest absolute Gasteiger partial charge is 0.253 e. The molecule has 0 aromatic heterocycles. The lowest BCUT2D eigenvalue weighted by molar-refractivity contribution is 0.0956. The van der Waals surface area contributed by atoms with E-state index < -0.39 is 0 Å². The molecule has 0 heterocycles. The standard InChI is InChI=1S/C16H25N3OS/c1-3-18-16(20)14-8-5-11(17)9-15(14)19-12-6-7-13(10-12)21-4-2/h5,8-9,12-13,19H,3-4,6-7,10,17H2,1-2H3,(H,18,20). The summed E-state index contributed by atoms with van der Waals surface area (Å²) < 4.78 is 0. The van der Waals surface area contributed by atoms with Gasteiger partial charge in [0.25, 0.3) is 5.91 Å². The van der Waals surface area contributed by atoms with Gasteiger partial charge in [-0.15, -0.1) is 0 Å². The molecule has 1 aromatic rings. The van der Waals surface area contributed by atoms with Crippen molar-refractivity contribution in [2.24, 2.45) is 0 Å². The van der Waals surface area contributed by atoms with Crippen LogP contribution < -0.4 is 16.4 Å². The lowest BCUT2D eigenvalue weighted by Crippen LogP contribution is -2.25. The van der Waals surface area contributed by atoms with Crippen LogP contribution in [-0.4, -0.2) is 29.5 Å². The molecule has 21 heavy (non-hydrogen) atoms. The quantitative estimate of drug-likeness (QED) is 0.707. The molecular formula is C16H25N3OS. The zero-order valence-electron chi connectivity index (χ0n) is 12.8. The van der Waals surface area contributed by atoms with Gasteiger partial charge in [0.15, 0.2) is 0 Å². The van der Waals surface area contributed by atoms with Crippen molar-refractivity contribution >= 4 is 29.0 Å². The van der Waals surface area contributed by atoms with Crippen LogP contribution in [0.4, 0.5) is 11.4 Å². The summed E-state index contributed by atoms with van der Waals surface area (Å²) in [6, 6.07) is 5.88. The predicted molar refractivity (Wildman–Crippen MR) is 92.0 cm³/mol. The second-order valence-corrected chi connectivity index (χ2v) is 6.97. The molecule has 0 bridgehead atoms. The molecule has 1 aromatic carbocycles. The van der Waals surface area contributed by atoms with Gasteiger partial charge >= 0.3 is 0 Å². The second-order valence-electron chi connectivity index (χ2n) is 5.40. The fourth-order valence-electron chi connectivity index (χ4n) is 2.81. The molecule has 1 fully saturated rings. The first-order valence-corrected chi connectivity index (χ1v) is 8.74. The Kier molecular flexibility index (Phi) is 5.79. The average molecular weight is 307 g/mol. The van der Waals surface area contributed by atoms with Crippen molar-refractivity contribution in [1.29, 1.82) is 0 Å². The minimum absolute atomic E-state index is 0.0440. The van der Waals surface area contributed by atoms with Gasteiger partial charge in [-0.25, -0.2) is 0 Å². The summed E-state index contributed by atoms with van der Waals surface area (Å²) in [7, 11) is 0. The Balaban J connectivity index is 2.08. The third kappa shape index (κ3) is 4.30. The SMILES string of the molecule is CCNC(=O)c1ccc(N)cc1NC1CCC(SCC)C1. The fourth-order valence-corrected chi connectivity index (χ4v) is 3.96. The van der Waals surface area contributed by atoms with Crippen LogP contribution in [0.3, 0.4) is 0 Å². The lowest BCUT2D eigenvalue weighted by atomic mass is 10.1. The van der Waals surface area contributed by atoms with Crippen LogP contribution in [0.5, 0.6) is 0 Å². The first-order valence-electron chi connectivity index (χ1n) is 7.69. The van der Waals surface area contributed by atoms with Crippen LogP contribution in [0, 0.1) is 0 Å². The highest BCUT2D eigenvalue weighted by molar-refractivity contribution is 7.99.